The molecule has 1 amide bonds. The Morgan fingerprint density at radius 1 is 1.57 bits per heavy atom. The number of hydrogen-bond donors (Lipinski definition) is 2. The summed E-state index contributed by atoms with van der Waals surface area (Å²) in [5.41, 5.74) is 3.84. The number of benzene rings is 1. The van der Waals surface area contributed by atoms with Gasteiger partial charge in [0.1, 0.15) is 22.8 Å². The number of halogens is 1. The van der Waals surface area contributed by atoms with Gasteiger partial charge in [-0.25, -0.2) is 9.37 Å². The summed E-state index contributed by atoms with van der Waals surface area (Å²) in [6.45, 7) is 1.59. The fourth-order valence-electron chi connectivity index (χ4n) is 1.70. The van der Waals surface area contributed by atoms with Crippen LogP contribution in [0.15, 0.2) is 22.7 Å². The van der Waals surface area contributed by atoms with Crippen LogP contribution in [0.2, 0.25) is 0 Å². The monoisotopic (exact) mass is 294 g/mol. The Kier molecular flexibility index (Phi) is 3.83. The van der Waals surface area contributed by atoms with Crippen molar-refractivity contribution in [2.45, 2.75) is 13.5 Å². The number of nitrogens with two attached hydrogens (primary N) is 1. The normalized spacial score (nSPS) is 10.4. The Balaban J connectivity index is 2.22. The van der Waals surface area contributed by atoms with Crippen molar-refractivity contribution in [3.8, 4) is 0 Å². The van der Waals surface area contributed by atoms with Crippen molar-refractivity contribution in [2.24, 2.45) is 0 Å². The number of nitro groups is 1. The van der Waals surface area contributed by atoms with Crippen LogP contribution < -0.4 is 11.1 Å². The van der Waals surface area contributed by atoms with Crippen LogP contribution in [-0.2, 0) is 6.54 Å². The molecule has 0 aliphatic heterocycles. The molecule has 21 heavy (non-hydrogen) atoms. The molecule has 1 aromatic heterocycles. The Hall–Kier alpha value is -2.97. The smallest absolute Gasteiger partial charge is 0.293 e. The van der Waals surface area contributed by atoms with E-state index in [9.17, 15) is 19.3 Å². The first-order chi connectivity index (χ1) is 9.90. The highest BCUT2D eigenvalue weighted by Crippen LogP contribution is 2.27. The number of carbonyl (C=O) groups is 1. The molecular formula is C12H11FN4O4. The summed E-state index contributed by atoms with van der Waals surface area (Å²) in [6.07, 6.45) is 1.46. The van der Waals surface area contributed by atoms with Crippen molar-refractivity contribution in [3.05, 3.63) is 51.5 Å². The third kappa shape index (κ3) is 2.96. The van der Waals surface area contributed by atoms with Gasteiger partial charge in [-0.1, -0.05) is 0 Å². The van der Waals surface area contributed by atoms with Crippen molar-refractivity contribution < 1.29 is 18.5 Å². The number of rotatable bonds is 4. The highest BCUT2D eigenvalue weighted by molar-refractivity contribution is 6.01. The molecule has 8 nitrogen and oxygen atoms in total. The number of nitro benzene ring substituents is 1. The molecule has 0 saturated carbocycles. The Morgan fingerprint density at radius 3 is 2.86 bits per heavy atom. The predicted octanol–water partition coefficient (Wildman–Crippen LogP) is 1.54. The number of nitrogens with zero attached hydrogens (tertiary/aromatic N) is 2. The zero-order valence-electron chi connectivity index (χ0n) is 10.9. The van der Waals surface area contributed by atoms with E-state index in [0.29, 0.717) is 5.76 Å². The predicted molar refractivity (Wildman–Crippen MR) is 69.9 cm³/mol. The first kappa shape index (κ1) is 14.4. The second-order valence-corrected chi connectivity index (χ2v) is 4.16. The van der Waals surface area contributed by atoms with Gasteiger partial charge < -0.3 is 15.5 Å². The summed E-state index contributed by atoms with van der Waals surface area (Å²) in [6, 6.07) is 1.72. The minimum Gasteiger partial charge on any atom is -0.444 e. The maximum absolute atomic E-state index is 13.7. The first-order valence-electron chi connectivity index (χ1n) is 5.82. The summed E-state index contributed by atoms with van der Waals surface area (Å²) >= 11 is 0. The van der Waals surface area contributed by atoms with Crippen LogP contribution in [0.5, 0.6) is 0 Å². The number of nitrogen functional groups attached to an aromatic ring is 1. The molecule has 3 N–H and O–H groups in total. The number of hydrogen-bond acceptors (Lipinski definition) is 6. The SMILES string of the molecule is Cc1cnc(CNC(=O)c2c(F)ccc([N+](=O)[O-])c2N)o1. The Bertz CT molecular complexity index is 713. The number of amides is 1. The van der Waals surface area contributed by atoms with Crippen LogP contribution in [0.3, 0.4) is 0 Å². The van der Waals surface area contributed by atoms with Crippen LogP contribution >= 0.6 is 0 Å². The van der Waals surface area contributed by atoms with E-state index >= 15 is 0 Å². The van der Waals surface area contributed by atoms with Gasteiger partial charge >= 0.3 is 0 Å². The Morgan fingerprint density at radius 2 is 2.29 bits per heavy atom. The average Bonchev–Trinajstić information content (AvgIpc) is 2.82. The van der Waals surface area contributed by atoms with Crippen molar-refractivity contribution in [3.63, 3.8) is 0 Å². The lowest BCUT2D eigenvalue weighted by molar-refractivity contribution is -0.384. The molecular weight excluding hydrogens is 283 g/mol. The number of anilines is 1. The zero-order valence-corrected chi connectivity index (χ0v) is 10.9. The van der Waals surface area contributed by atoms with Crippen LogP contribution in [-0.4, -0.2) is 15.8 Å². The van der Waals surface area contributed by atoms with Crippen molar-refractivity contribution in [2.75, 3.05) is 5.73 Å². The maximum atomic E-state index is 13.7. The van der Waals surface area contributed by atoms with Crippen LogP contribution in [0.1, 0.15) is 22.0 Å². The molecule has 0 aliphatic rings. The van der Waals surface area contributed by atoms with Gasteiger partial charge in [0.15, 0.2) is 0 Å². The minimum atomic E-state index is -0.945. The number of aryl methyl sites for hydroxylation is 1. The van der Waals surface area contributed by atoms with E-state index in [2.05, 4.69) is 10.3 Å². The second kappa shape index (κ2) is 5.57. The van der Waals surface area contributed by atoms with E-state index in [1.807, 2.05) is 0 Å². The van der Waals surface area contributed by atoms with Crippen LogP contribution in [0, 0.1) is 22.9 Å². The molecule has 0 atom stereocenters. The first-order valence-corrected chi connectivity index (χ1v) is 5.82. The Labute approximate surface area is 117 Å². The third-order valence-corrected chi connectivity index (χ3v) is 2.66. The standard InChI is InChI=1S/C12H11FN4O4/c1-6-4-15-9(21-6)5-16-12(18)10-7(13)2-3-8(11(10)14)17(19)20/h2-4H,5,14H2,1H3,(H,16,18). The van der Waals surface area contributed by atoms with E-state index in [-0.39, 0.29) is 12.4 Å². The molecule has 0 bridgehead atoms. The molecule has 0 aliphatic carbocycles. The van der Waals surface area contributed by atoms with E-state index < -0.39 is 33.6 Å². The van der Waals surface area contributed by atoms with E-state index in [0.717, 1.165) is 12.1 Å². The van der Waals surface area contributed by atoms with E-state index in [4.69, 9.17) is 10.2 Å². The molecule has 110 valence electrons. The van der Waals surface area contributed by atoms with Crippen LogP contribution in [0.4, 0.5) is 15.8 Å². The second-order valence-electron chi connectivity index (χ2n) is 4.16. The van der Waals surface area contributed by atoms with Gasteiger partial charge in [0, 0.05) is 6.07 Å². The maximum Gasteiger partial charge on any atom is 0.293 e. The largest absolute Gasteiger partial charge is 0.444 e. The summed E-state index contributed by atoms with van der Waals surface area (Å²) in [5, 5.41) is 13.1. The molecule has 2 rings (SSSR count). The van der Waals surface area contributed by atoms with Crippen LogP contribution in [0.25, 0.3) is 0 Å². The van der Waals surface area contributed by atoms with Crippen molar-refractivity contribution in [1.29, 1.82) is 0 Å². The van der Waals surface area contributed by atoms with Gasteiger partial charge in [-0.05, 0) is 13.0 Å². The molecule has 9 heteroatoms. The molecule has 1 heterocycles. The lowest BCUT2D eigenvalue weighted by Gasteiger charge is -2.07. The number of oxazole rings is 1. The van der Waals surface area contributed by atoms with E-state index in [1.54, 1.807) is 6.92 Å². The summed E-state index contributed by atoms with van der Waals surface area (Å²) in [5.74, 6) is -1.05. The topological polar surface area (TPSA) is 124 Å². The van der Waals surface area contributed by atoms with Crippen molar-refractivity contribution in [1.82, 2.24) is 10.3 Å². The molecule has 0 spiro atoms. The van der Waals surface area contributed by atoms with Gasteiger partial charge in [0.2, 0.25) is 5.89 Å². The molecule has 0 fully saturated rings. The van der Waals surface area contributed by atoms with Gasteiger partial charge in [0.05, 0.1) is 17.7 Å². The summed E-state index contributed by atoms with van der Waals surface area (Å²) in [4.78, 5) is 25.7. The fourth-order valence-corrected chi connectivity index (χ4v) is 1.70. The van der Waals surface area contributed by atoms with Gasteiger partial charge in [0.25, 0.3) is 11.6 Å². The number of carbonyl (C=O) groups excluding carboxylic acids is 1. The molecule has 2 aromatic rings. The average molecular weight is 294 g/mol. The fraction of sp³-hybridized carbons (Fsp3) is 0.167. The summed E-state index contributed by atoms with van der Waals surface area (Å²) in [7, 11) is 0. The van der Waals surface area contributed by atoms with Gasteiger partial charge in [-0.15, -0.1) is 0 Å². The molecule has 0 unspecified atom stereocenters. The third-order valence-electron chi connectivity index (χ3n) is 2.66. The lowest BCUT2D eigenvalue weighted by Crippen LogP contribution is -2.25. The van der Waals surface area contributed by atoms with Gasteiger partial charge in [-0.2, -0.15) is 0 Å². The molecule has 0 radical (unpaired) electrons. The zero-order chi connectivity index (χ0) is 15.6. The number of nitrogens with one attached hydrogen (secondary N) is 1. The lowest BCUT2D eigenvalue weighted by atomic mass is 10.1. The minimum absolute atomic E-state index is 0.0890. The summed E-state index contributed by atoms with van der Waals surface area (Å²) < 4.78 is 18.8. The van der Waals surface area contributed by atoms with Crippen molar-refractivity contribution >= 4 is 17.3 Å². The highest BCUT2D eigenvalue weighted by atomic mass is 19.1. The molecule has 1 aromatic carbocycles. The van der Waals surface area contributed by atoms with E-state index in [1.165, 1.54) is 6.20 Å². The number of aromatic nitrogens is 1. The van der Waals surface area contributed by atoms with Gasteiger partial charge in [-0.3, -0.25) is 14.9 Å². The highest BCUT2D eigenvalue weighted by Gasteiger charge is 2.23. The quantitative estimate of drug-likeness (QED) is 0.500. The molecule has 0 saturated heterocycles.